The summed E-state index contributed by atoms with van der Waals surface area (Å²) in [5.41, 5.74) is 11.2. The van der Waals surface area contributed by atoms with Crippen molar-refractivity contribution in [3.63, 3.8) is 0 Å². The second-order valence-electron chi connectivity index (χ2n) is 14.3. The summed E-state index contributed by atoms with van der Waals surface area (Å²) in [5.74, 6) is 1.95. The predicted molar refractivity (Wildman–Crippen MR) is 238 cm³/mol. The maximum absolute atomic E-state index is 5.16. The first kappa shape index (κ1) is 32.9. The quantitative estimate of drug-likeness (QED) is 0.170. The molecule has 1 aliphatic rings. The van der Waals surface area contributed by atoms with E-state index in [1.54, 1.807) is 0 Å². The number of nitrogens with zero attached hydrogens (tertiary/aromatic N) is 3. The fourth-order valence-electron chi connectivity index (χ4n) is 8.11. The van der Waals surface area contributed by atoms with Crippen molar-refractivity contribution in [2.45, 2.75) is 12.8 Å². The first-order valence-corrected chi connectivity index (χ1v) is 20.6. The number of benzene rings is 7. The molecular formula is C51H33N3S2. The van der Waals surface area contributed by atoms with Crippen LogP contribution >= 0.6 is 22.7 Å². The van der Waals surface area contributed by atoms with Crippen LogP contribution in [-0.4, -0.2) is 15.0 Å². The lowest BCUT2D eigenvalue weighted by atomic mass is 9.89. The van der Waals surface area contributed by atoms with Gasteiger partial charge in [0.1, 0.15) is 0 Å². The highest BCUT2D eigenvalue weighted by Crippen LogP contribution is 2.45. The lowest BCUT2D eigenvalue weighted by molar-refractivity contribution is 1.02. The Hall–Kier alpha value is -6.53. The van der Waals surface area contributed by atoms with Gasteiger partial charge in [-0.05, 0) is 88.2 Å². The molecule has 1 aliphatic carbocycles. The van der Waals surface area contributed by atoms with Crippen LogP contribution in [0.15, 0.2) is 170 Å². The summed E-state index contributed by atoms with van der Waals surface area (Å²) in [6.07, 6.45) is 6.86. The molecule has 10 aromatic rings. The van der Waals surface area contributed by atoms with E-state index < -0.39 is 0 Å². The van der Waals surface area contributed by atoms with Crippen molar-refractivity contribution in [2.75, 3.05) is 0 Å². The lowest BCUT2D eigenvalue weighted by Gasteiger charge is -2.16. The Kier molecular flexibility index (Phi) is 8.01. The molecule has 0 spiro atoms. The third-order valence-electron chi connectivity index (χ3n) is 10.8. The van der Waals surface area contributed by atoms with E-state index >= 15 is 0 Å². The highest BCUT2D eigenvalue weighted by molar-refractivity contribution is 7.25. The Morgan fingerprint density at radius 2 is 1.00 bits per heavy atom. The standard InChI is InChI=1S/C51H33N3S2/c1-3-14-32(15-4-1)49-52-50(33-16-5-2-6-17-33)54-51(53-49)42-20-8-7-18-38(42)36-28-35(34-26-27-41-40-19-9-11-23-44(40)56-47(41)31-34)29-37(30-36)39-22-13-25-46-48(39)43-21-10-12-24-45(43)55-46/h1-11,13-23,25-31H,12,24H2. The zero-order chi connectivity index (χ0) is 37.0. The Labute approximate surface area is 333 Å². The van der Waals surface area contributed by atoms with Gasteiger partial charge in [0.15, 0.2) is 17.5 Å². The van der Waals surface area contributed by atoms with Gasteiger partial charge >= 0.3 is 0 Å². The summed E-state index contributed by atoms with van der Waals surface area (Å²) >= 11 is 3.80. The van der Waals surface area contributed by atoms with Crippen molar-refractivity contribution >= 4 is 59.0 Å². The first-order chi connectivity index (χ1) is 27.7. The number of rotatable bonds is 6. The second-order valence-corrected chi connectivity index (χ2v) is 16.5. The van der Waals surface area contributed by atoms with Crippen molar-refractivity contribution in [3.05, 3.63) is 180 Å². The number of hydrogen-bond acceptors (Lipinski definition) is 5. The molecule has 5 heteroatoms. The van der Waals surface area contributed by atoms with Gasteiger partial charge in [-0.2, -0.15) is 0 Å². The van der Waals surface area contributed by atoms with E-state index in [-0.39, 0.29) is 0 Å². The van der Waals surface area contributed by atoms with Crippen LogP contribution in [0.2, 0.25) is 0 Å². The van der Waals surface area contributed by atoms with Gasteiger partial charge in [-0.3, -0.25) is 0 Å². The van der Waals surface area contributed by atoms with Crippen molar-refractivity contribution in [2.24, 2.45) is 0 Å². The minimum Gasteiger partial charge on any atom is -0.208 e. The van der Waals surface area contributed by atoms with Gasteiger partial charge in [0, 0.05) is 51.8 Å². The van der Waals surface area contributed by atoms with E-state index in [1.165, 1.54) is 63.0 Å². The number of hydrogen-bond donors (Lipinski definition) is 0. The third-order valence-corrected chi connectivity index (χ3v) is 13.2. The van der Waals surface area contributed by atoms with Crippen LogP contribution in [-0.2, 0) is 6.42 Å². The average molecular weight is 752 g/mol. The van der Waals surface area contributed by atoms with Crippen molar-refractivity contribution in [1.82, 2.24) is 15.0 Å². The molecule has 3 aromatic heterocycles. The minimum atomic E-state index is 0.645. The number of fused-ring (bicyclic) bond motifs is 6. The Morgan fingerprint density at radius 1 is 0.393 bits per heavy atom. The number of aryl methyl sites for hydroxylation is 1. The fourth-order valence-corrected chi connectivity index (χ4v) is 10.5. The molecule has 264 valence electrons. The maximum Gasteiger partial charge on any atom is 0.164 e. The summed E-state index contributed by atoms with van der Waals surface area (Å²) < 4.78 is 3.94. The Morgan fingerprint density at radius 3 is 1.79 bits per heavy atom. The minimum absolute atomic E-state index is 0.645. The summed E-state index contributed by atoms with van der Waals surface area (Å²) in [7, 11) is 0. The van der Waals surface area contributed by atoms with E-state index in [1.807, 2.05) is 59.1 Å². The molecule has 0 N–H and O–H groups in total. The molecule has 0 radical (unpaired) electrons. The van der Waals surface area contributed by atoms with Crippen LogP contribution in [0.3, 0.4) is 0 Å². The van der Waals surface area contributed by atoms with Crippen LogP contribution in [0.4, 0.5) is 0 Å². The summed E-state index contributed by atoms with van der Waals surface area (Å²) in [5, 5.41) is 3.96. The topological polar surface area (TPSA) is 38.7 Å². The van der Waals surface area contributed by atoms with Gasteiger partial charge in [-0.1, -0.05) is 140 Å². The molecule has 56 heavy (non-hydrogen) atoms. The molecule has 0 aliphatic heterocycles. The maximum atomic E-state index is 5.16. The van der Waals surface area contributed by atoms with Gasteiger partial charge < -0.3 is 0 Å². The third kappa shape index (κ3) is 5.75. The Balaban J connectivity index is 1.14. The molecule has 3 nitrogen and oxygen atoms in total. The number of thiophene rings is 2. The van der Waals surface area contributed by atoms with E-state index in [4.69, 9.17) is 15.0 Å². The van der Waals surface area contributed by atoms with Gasteiger partial charge in [-0.15, -0.1) is 22.7 Å². The molecule has 3 heterocycles. The molecule has 0 amide bonds. The van der Waals surface area contributed by atoms with Crippen LogP contribution in [0, 0.1) is 0 Å². The summed E-state index contributed by atoms with van der Waals surface area (Å²) in [4.78, 5) is 16.8. The van der Waals surface area contributed by atoms with E-state index in [0.29, 0.717) is 17.5 Å². The molecular weight excluding hydrogens is 719 g/mol. The SMILES string of the molecule is C1=Cc2c(sc3cccc(-c4cc(-c5ccc6c(c5)sc5ccccc56)cc(-c5ccccc5-c5nc(-c6ccccc6)nc(-c6ccccc6)n5)c4)c23)CC1. The van der Waals surface area contributed by atoms with Gasteiger partial charge in [0.05, 0.1) is 0 Å². The van der Waals surface area contributed by atoms with Crippen molar-refractivity contribution in [1.29, 1.82) is 0 Å². The average Bonchev–Trinajstić information content (AvgIpc) is 3.85. The van der Waals surface area contributed by atoms with Crippen molar-refractivity contribution in [3.8, 4) is 67.5 Å². The molecule has 0 fully saturated rings. The molecule has 7 aromatic carbocycles. The highest BCUT2D eigenvalue weighted by Gasteiger charge is 2.20. The molecule has 0 bridgehead atoms. The van der Waals surface area contributed by atoms with Gasteiger partial charge in [0.25, 0.3) is 0 Å². The fraction of sp³-hybridized carbons (Fsp3) is 0.0392. The Bertz CT molecular complexity index is 3080. The van der Waals surface area contributed by atoms with Crippen LogP contribution < -0.4 is 0 Å². The van der Waals surface area contributed by atoms with Crippen molar-refractivity contribution < 1.29 is 0 Å². The van der Waals surface area contributed by atoms with E-state index in [0.717, 1.165) is 40.7 Å². The molecule has 0 atom stereocenters. The molecule has 0 saturated carbocycles. The number of aromatic nitrogens is 3. The van der Waals surface area contributed by atoms with E-state index in [9.17, 15) is 0 Å². The normalized spacial score (nSPS) is 12.4. The van der Waals surface area contributed by atoms with Crippen LogP contribution in [0.5, 0.6) is 0 Å². The largest absolute Gasteiger partial charge is 0.208 e. The summed E-state index contributed by atoms with van der Waals surface area (Å²) in [6, 6.07) is 58.5. The summed E-state index contributed by atoms with van der Waals surface area (Å²) in [6.45, 7) is 0. The first-order valence-electron chi connectivity index (χ1n) is 19.0. The zero-order valence-electron chi connectivity index (χ0n) is 30.3. The monoisotopic (exact) mass is 751 g/mol. The van der Waals surface area contributed by atoms with Crippen LogP contribution in [0.25, 0.3) is 104 Å². The molecule has 0 saturated heterocycles. The smallest absolute Gasteiger partial charge is 0.164 e. The van der Waals surface area contributed by atoms with Crippen LogP contribution in [0.1, 0.15) is 16.9 Å². The second kappa shape index (κ2) is 13.6. The molecule has 11 rings (SSSR count). The zero-order valence-corrected chi connectivity index (χ0v) is 31.9. The highest BCUT2D eigenvalue weighted by atomic mass is 32.1. The predicted octanol–water partition coefficient (Wildman–Crippen LogP) is 14.4. The number of allylic oxidation sites excluding steroid dienone is 1. The van der Waals surface area contributed by atoms with Gasteiger partial charge in [-0.25, -0.2) is 15.0 Å². The van der Waals surface area contributed by atoms with E-state index in [2.05, 4.69) is 140 Å². The van der Waals surface area contributed by atoms with Gasteiger partial charge in [0.2, 0.25) is 0 Å². The lowest BCUT2D eigenvalue weighted by Crippen LogP contribution is -2.01. The molecule has 0 unspecified atom stereocenters.